The van der Waals surface area contributed by atoms with Crippen LogP contribution in [0.25, 0.3) is 6.08 Å². The fourth-order valence-corrected chi connectivity index (χ4v) is 3.70. The van der Waals surface area contributed by atoms with Gasteiger partial charge in [0.05, 0.1) is 0 Å². The topological polar surface area (TPSA) is 6.48 Å². The molecule has 0 amide bonds. The van der Waals surface area contributed by atoms with E-state index in [0.29, 0.717) is 0 Å². The van der Waals surface area contributed by atoms with Crippen LogP contribution in [0.15, 0.2) is 60.2 Å². The van der Waals surface area contributed by atoms with E-state index in [2.05, 4.69) is 70.5 Å². The summed E-state index contributed by atoms with van der Waals surface area (Å²) in [6.45, 7) is 5.72. The van der Waals surface area contributed by atoms with Crippen LogP contribution >= 0.6 is 0 Å². The highest BCUT2D eigenvalue weighted by molar-refractivity contribution is 5.59. The molecule has 0 bridgehead atoms. The Bertz CT molecular complexity index is 682. The molecule has 23 heavy (non-hydrogen) atoms. The number of benzene rings is 2. The molecule has 0 atom stereocenters. The van der Waals surface area contributed by atoms with Crippen LogP contribution in [0.4, 0.5) is 5.69 Å². The lowest BCUT2D eigenvalue weighted by atomic mass is 9.92. The van der Waals surface area contributed by atoms with Crippen molar-refractivity contribution in [1.29, 1.82) is 0 Å². The summed E-state index contributed by atoms with van der Waals surface area (Å²) >= 11 is 0. The number of rotatable bonds is 3. The number of aryl methyl sites for hydroxylation is 1. The zero-order chi connectivity index (χ0) is 15.5. The van der Waals surface area contributed by atoms with Gasteiger partial charge in [-0.25, -0.2) is 0 Å². The quantitative estimate of drug-likeness (QED) is 0.850. The first-order chi connectivity index (χ1) is 11.4. The second kappa shape index (κ2) is 6.59. The number of hydrogen-bond acceptors (Lipinski definition) is 2. The van der Waals surface area contributed by atoms with Gasteiger partial charge in [0.15, 0.2) is 0 Å². The molecule has 2 aliphatic rings. The fraction of sp³-hybridized carbons (Fsp3) is 0.333. The van der Waals surface area contributed by atoms with E-state index in [9.17, 15) is 0 Å². The first-order valence-electron chi connectivity index (χ1n) is 8.68. The predicted octanol–water partition coefficient (Wildman–Crippen LogP) is 3.84. The van der Waals surface area contributed by atoms with Crippen molar-refractivity contribution in [3.63, 3.8) is 0 Å². The minimum Gasteiger partial charge on any atom is -0.369 e. The Labute approximate surface area is 139 Å². The molecular weight excluding hydrogens is 280 g/mol. The SMILES string of the molecule is C1=C(CN2CCN(c3ccccc3)CC2)CCc2ccccc21. The van der Waals surface area contributed by atoms with Crippen LogP contribution in [0.3, 0.4) is 0 Å². The van der Waals surface area contributed by atoms with Gasteiger partial charge in [0, 0.05) is 38.4 Å². The van der Waals surface area contributed by atoms with Crippen LogP contribution in [0, 0.1) is 0 Å². The Kier molecular flexibility index (Phi) is 4.16. The van der Waals surface area contributed by atoms with E-state index in [1.807, 2.05) is 0 Å². The second-order valence-electron chi connectivity index (χ2n) is 6.60. The highest BCUT2D eigenvalue weighted by atomic mass is 15.3. The van der Waals surface area contributed by atoms with E-state index >= 15 is 0 Å². The van der Waals surface area contributed by atoms with Crippen molar-refractivity contribution in [3.8, 4) is 0 Å². The molecule has 0 radical (unpaired) electrons. The maximum Gasteiger partial charge on any atom is 0.0367 e. The van der Waals surface area contributed by atoms with Gasteiger partial charge < -0.3 is 4.90 Å². The molecule has 1 fully saturated rings. The molecular formula is C21H24N2. The Morgan fingerprint density at radius 3 is 2.30 bits per heavy atom. The second-order valence-corrected chi connectivity index (χ2v) is 6.60. The van der Waals surface area contributed by atoms with Gasteiger partial charge in [0.2, 0.25) is 0 Å². The van der Waals surface area contributed by atoms with Gasteiger partial charge in [0.25, 0.3) is 0 Å². The lowest BCUT2D eigenvalue weighted by Crippen LogP contribution is -2.47. The summed E-state index contributed by atoms with van der Waals surface area (Å²) in [6.07, 6.45) is 4.84. The molecule has 1 heterocycles. The number of para-hydroxylation sites is 1. The van der Waals surface area contributed by atoms with E-state index in [-0.39, 0.29) is 0 Å². The molecule has 1 aliphatic heterocycles. The largest absolute Gasteiger partial charge is 0.369 e. The molecule has 2 aromatic rings. The van der Waals surface area contributed by atoms with Crippen molar-refractivity contribution in [2.75, 3.05) is 37.6 Å². The lowest BCUT2D eigenvalue weighted by molar-refractivity contribution is 0.276. The van der Waals surface area contributed by atoms with Gasteiger partial charge in [-0.15, -0.1) is 0 Å². The number of hydrogen-bond donors (Lipinski definition) is 0. The number of anilines is 1. The minimum absolute atomic E-state index is 1.13. The molecule has 0 spiro atoms. The summed E-state index contributed by atoms with van der Waals surface area (Å²) in [4.78, 5) is 5.11. The maximum absolute atomic E-state index is 2.61. The molecule has 4 rings (SSSR count). The molecule has 1 aliphatic carbocycles. The van der Waals surface area contributed by atoms with Crippen LogP contribution in [-0.4, -0.2) is 37.6 Å². The van der Waals surface area contributed by atoms with Crippen molar-refractivity contribution in [2.45, 2.75) is 12.8 Å². The van der Waals surface area contributed by atoms with E-state index in [0.717, 1.165) is 32.7 Å². The Morgan fingerprint density at radius 2 is 1.48 bits per heavy atom. The van der Waals surface area contributed by atoms with E-state index in [1.54, 1.807) is 5.57 Å². The Morgan fingerprint density at radius 1 is 0.739 bits per heavy atom. The Hall–Kier alpha value is -2.06. The van der Waals surface area contributed by atoms with Gasteiger partial charge in [0.1, 0.15) is 0 Å². The standard InChI is InChI=1S/C21H24N2/c1-2-8-21(9-3-1)23-14-12-22(13-15-23)17-18-10-11-19-6-4-5-7-20(19)16-18/h1-9,16H,10-15,17H2. The monoisotopic (exact) mass is 304 g/mol. The van der Waals surface area contributed by atoms with Gasteiger partial charge >= 0.3 is 0 Å². The van der Waals surface area contributed by atoms with E-state index < -0.39 is 0 Å². The minimum atomic E-state index is 1.13. The van der Waals surface area contributed by atoms with Gasteiger partial charge in [-0.3, -0.25) is 4.90 Å². The van der Waals surface area contributed by atoms with E-state index in [1.165, 1.54) is 29.7 Å². The van der Waals surface area contributed by atoms with Crippen LogP contribution in [-0.2, 0) is 6.42 Å². The third kappa shape index (κ3) is 3.32. The first-order valence-corrected chi connectivity index (χ1v) is 8.68. The van der Waals surface area contributed by atoms with Crippen LogP contribution < -0.4 is 4.90 Å². The molecule has 2 aromatic carbocycles. The summed E-state index contributed by atoms with van der Waals surface area (Å²) < 4.78 is 0. The molecule has 0 unspecified atom stereocenters. The lowest BCUT2D eigenvalue weighted by Gasteiger charge is -2.36. The molecule has 0 aromatic heterocycles. The number of nitrogens with zero attached hydrogens (tertiary/aromatic N) is 2. The van der Waals surface area contributed by atoms with Crippen molar-refractivity contribution >= 4 is 11.8 Å². The Balaban J connectivity index is 1.36. The average molecular weight is 304 g/mol. The van der Waals surface area contributed by atoms with Crippen molar-refractivity contribution in [2.24, 2.45) is 0 Å². The zero-order valence-electron chi connectivity index (χ0n) is 13.6. The summed E-state index contributed by atoms with van der Waals surface area (Å²) in [6, 6.07) is 19.6. The third-order valence-electron chi connectivity index (χ3n) is 5.05. The molecule has 2 heteroatoms. The van der Waals surface area contributed by atoms with E-state index in [4.69, 9.17) is 0 Å². The smallest absolute Gasteiger partial charge is 0.0367 e. The zero-order valence-corrected chi connectivity index (χ0v) is 13.6. The van der Waals surface area contributed by atoms with Crippen LogP contribution in [0.5, 0.6) is 0 Å². The highest BCUT2D eigenvalue weighted by Crippen LogP contribution is 2.25. The summed E-state index contributed by atoms with van der Waals surface area (Å²) in [7, 11) is 0. The van der Waals surface area contributed by atoms with Crippen molar-refractivity contribution < 1.29 is 0 Å². The molecule has 1 saturated heterocycles. The third-order valence-corrected chi connectivity index (χ3v) is 5.05. The summed E-state index contributed by atoms with van der Waals surface area (Å²) in [5.74, 6) is 0. The highest BCUT2D eigenvalue weighted by Gasteiger charge is 2.19. The average Bonchev–Trinajstić information content (AvgIpc) is 2.63. The van der Waals surface area contributed by atoms with Gasteiger partial charge in [-0.05, 0) is 36.1 Å². The fourth-order valence-electron chi connectivity index (χ4n) is 3.70. The molecule has 2 nitrogen and oxygen atoms in total. The normalized spacial score (nSPS) is 18.4. The van der Waals surface area contributed by atoms with Crippen LogP contribution in [0.1, 0.15) is 17.5 Å². The first kappa shape index (κ1) is 14.5. The van der Waals surface area contributed by atoms with Gasteiger partial charge in [-0.2, -0.15) is 0 Å². The van der Waals surface area contributed by atoms with Crippen molar-refractivity contribution in [1.82, 2.24) is 4.90 Å². The molecule has 0 saturated carbocycles. The summed E-state index contributed by atoms with van der Waals surface area (Å²) in [5.41, 5.74) is 5.89. The van der Waals surface area contributed by atoms with Gasteiger partial charge in [-0.1, -0.05) is 54.1 Å². The molecule has 118 valence electrons. The maximum atomic E-state index is 2.61. The molecule has 0 N–H and O–H groups in total. The summed E-state index contributed by atoms with van der Waals surface area (Å²) in [5, 5.41) is 0. The number of fused-ring (bicyclic) bond motifs is 1. The predicted molar refractivity (Wildman–Crippen MR) is 97.8 cm³/mol. The van der Waals surface area contributed by atoms with Crippen LogP contribution in [0.2, 0.25) is 0 Å². The number of piperazine rings is 1. The van der Waals surface area contributed by atoms with Crippen molar-refractivity contribution in [3.05, 3.63) is 71.3 Å².